The number of methoxy groups -OCH3 is 1. The second-order valence-electron chi connectivity index (χ2n) is 4.92. The van der Waals surface area contributed by atoms with Crippen LogP contribution in [0.25, 0.3) is 0 Å². The highest BCUT2D eigenvalue weighted by Gasteiger charge is 2.18. The smallest absolute Gasteiger partial charge is 0.324 e. The van der Waals surface area contributed by atoms with Gasteiger partial charge in [0.15, 0.2) is 11.5 Å². The molecule has 0 aromatic heterocycles. The fourth-order valence-corrected chi connectivity index (χ4v) is 2.28. The van der Waals surface area contributed by atoms with E-state index in [-0.39, 0.29) is 12.6 Å². The Morgan fingerprint density at radius 1 is 1.43 bits per heavy atom. The molecular weight excluding hydrogens is 272 g/mol. The van der Waals surface area contributed by atoms with Crippen molar-refractivity contribution in [2.45, 2.75) is 31.8 Å². The summed E-state index contributed by atoms with van der Waals surface area (Å²) in [5, 5.41) is 12.4. The number of nitrogens with one attached hydrogen (secondary N) is 1. The fourth-order valence-electron chi connectivity index (χ4n) is 2.28. The van der Waals surface area contributed by atoms with E-state index in [0.717, 1.165) is 18.4 Å². The van der Waals surface area contributed by atoms with Gasteiger partial charge in [0.2, 0.25) is 0 Å². The first-order valence-electron chi connectivity index (χ1n) is 7.01. The highest BCUT2D eigenvalue weighted by Crippen LogP contribution is 2.32. The molecule has 1 aliphatic rings. The number of carboxylic acids is 1. The predicted molar refractivity (Wildman–Crippen MR) is 79.1 cm³/mol. The summed E-state index contributed by atoms with van der Waals surface area (Å²) in [6, 6.07) is 5.51. The molecule has 0 atom stereocenters. The van der Waals surface area contributed by atoms with Crippen molar-refractivity contribution in [3.63, 3.8) is 0 Å². The van der Waals surface area contributed by atoms with Crippen LogP contribution >= 0.6 is 0 Å². The van der Waals surface area contributed by atoms with E-state index < -0.39 is 5.97 Å². The molecule has 21 heavy (non-hydrogen) atoms. The van der Waals surface area contributed by atoms with Crippen LogP contribution in [0.2, 0.25) is 0 Å². The first-order valence-corrected chi connectivity index (χ1v) is 7.01. The molecule has 0 radical (unpaired) electrons. The molecule has 0 amide bonds. The molecule has 0 aliphatic heterocycles. The highest BCUT2D eigenvalue weighted by atomic mass is 16.5. The molecule has 1 fully saturated rings. The number of carbonyl (C=O) groups is 1. The number of hydrazone groups is 1. The van der Waals surface area contributed by atoms with Crippen LogP contribution in [-0.4, -0.2) is 37.0 Å². The van der Waals surface area contributed by atoms with Crippen molar-refractivity contribution < 1.29 is 19.4 Å². The summed E-state index contributed by atoms with van der Waals surface area (Å²) in [6.45, 7) is -0.210. The molecular formula is C15H20N2O4. The summed E-state index contributed by atoms with van der Waals surface area (Å²) in [5.41, 5.74) is 3.27. The van der Waals surface area contributed by atoms with Crippen molar-refractivity contribution in [2.75, 3.05) is 13.7 Å². The lowest BCUT2D eigenvalue weighted by Gasteiger charge is -2.16. The maximum absolute atomic E-state index is 10.4. The number of carboxylic acid groups (broad SMARTS) is 1. The molecule has 1 aromatic carbocycles. The van der Waals surface area contributed by atoms with Gasteiger partial charge >= 0.3 is 5.97 Å². The van der Waals surface area contributed by atoms with Gasteiger partial charge < -0.3 is 14.6 Å². The van der Waals surface area contributed by atoms with Crippen molar-refractivity contribution in [1.29, 1.82) is 0 Å². The van der Waals surface area contributed by atoms with E-state index in [1.807, 2.05) is 18.2 Å². The summed E-state index contributed by atoms with van der Waals surface area (Å²) in [6.07, 6.45) is 6.35. The van der Waals surface area contributed by atoms with Crippen molar-refractivity contribution in [2.24, 2.45) is 5.10 Å². The van der Waals surface area contributed by atoms with Gasteiger partial charge in [0.05, 0.1) is 19.4 Å². The summed E-state index contributed by atoms with van der Waals surface area (Å²) >= 11 is 0. The van der Waals surface area contributed by atoms with E-state index in [1.54, 1.807) is 13.3 Å². The number of hydrogen-bond acceptors (Lipinski definition) is 5. The van der Waals surface area contributed by atoms with Gasteiger partial charge in [-0.2, -0.15) is 5.10 Å². The number of benzene rings is 1. The minimum absolute atomic E-state index is 0.210. The number of ether oxygens (including phenoxy) is 2. The SMILES string of the molecule is COc1ccc(/C=N\NCC(=O)O)cc1OC1CCCC1. The number of aliphatic carboxylic acids is 1. The van der Waals surface area contributed by atoms with Crippen molar-refractivity contribution >= 4 is 12.2 Å². The maximum Gasteiger partial charge on any atom is 0.324 e. The van der Waals surface area contributed by atoms with Gasteiger partial charge in [0.1, 0.15) is 6.54 Å². The largest absolute Gasteiger partial charge is 0.493 e. The van der Waals surface area contributed by atoms with Crippen LogP contribution in [0.3, 0.4) is 0 Å². The molecule has 0 unspecified atom stereocenters. The Morgan fingerprint density at radius 3 is 2.86 bits per heavy atom. The van der Waals surface area contributed by atoms with Gasteiger partial charge in [0, 0.05) is 0 Å². The molecule has 1 saturated carbocycles. The first-order chi connectivity index (χ1) is 10.2. The second-order valence-corrected chi connectivity index (χ2v) is 4.92. The predicted octanol–water partition coefficient (Wildman–Crippen LogP) is 2.02. The molecule has 1 aromatic rings. The van der Waals surface area contributed by atoms with E-state index >= 15 is 0 Å². The molecule has 6 heteroatoms. The zero-order valence-electron chi connectivity index (χ0n) is 12.0. The average Bonchev–Trinajstić information content (AvgIpc) is 2.97. The topological polar surface area (TPSA) is 80.2 Å². The fraction of sp³-hybridized carbons (Fsp3) is 0.467. The van der Waals surface area contributed by atoms with E-state index in [0.29, 0.717) is 11.5 Å². The molecule has 114 valence electrons. The number of nitrogens with zero attached hydrogens (tertiary/aromatic N) is 1. The van der Waals surface area contributed by atoms with E-state index in [1.165, 1.54) is 12.8 Å². The summed E-state index contributed by atoms with van der Waals surface area (Å²) in [7, 11) is 1.61. The summed E-state index contributed by atoms with van der Waals surface area (Å²) in [4.78, 5) is 10.4. The van der Waals surface area contributed by atoms with Crippen LogP contribution in [-0.2, 0) is 4.79 Å². The summed E-state index contributed by atoms with van der Waals surface area (Å²) in [5.74, 6) is 0.441. The highest BCUT2D eigenvalue weighted by molar-refractivity contribution is 5.81. The first kappa shape index (κ1) is 15.2. The van der Waals surface area contributed by atoms with Crippen LogP contribution < -0.4 is 14.9 Å². The van der Waals surface area contributed by atoms with Crippen molar-refractivity contribution in [1.82, 2.24) is 5.43 Å². The lowest BCUT2D eigenvalue weighted by Crippen LogP contribution is -2.17. The third kappa shape index (κ3) is 4.66. The van der Waals surface area contributed by atoms with Gasteiger partial charge in [-0.05, 0) is 49.4 Å². The van der Waals surface area contributed by atoms with Crippen LogP contribution in [0.5, 0.6) is 11.5 Å². The number of rotatable bonds is 7. The third-order valence-electron chi connectivity index (χ3n) is 3.32. The minimum atomic E-state index is -0.952. The molecule has 2 rings (SSSR count). The van der Waals surface area contributed by atoms with E-state index in [2.05, 4.69) is 10.5 Å². The molecule has 0 heterocycles. The third-order valence-corrected chi connectivity index (χ3v) is 3.32. The molecule has 0 spiro atoms. The standard InChI is InChI=1S/C15H20N2O4/c1-20-13-7-6-11(9-16-17-10-15(18)19)8-14(13)21-12-4-2-3-5-12/h6-9,12,17H,2-5,10H2,1H3,(H,18,19)/b16-9-. The quantitative estimate of drug-likeness (QED) is 0.593. The Kier molecular flexibility index (Phi) is 5.43. The van der Waals surface area contributed by atoms with Crippen molar-refractivity contribution in [3.05, 3.63) is 23.8 Å². The van der Waals surface area contributed by atoms with Gasteiger partial charge in [-0.25, -0.2) is 0 Å². The van der Waals surface area contributed by atoms with Crippen LogP contribution in [0.15, 0.2) is 23.3 Å². The minimum Gasteiger partial charge on any atom is -0.493 e. The Bertz CT molecular complexity index is 510. The normalized spacial score (nSPS) is 15.3. The Balaban J connectivity index is 2.03. The molecule has 0 saturated heterocycles. The van der Waals surface area contributed by atoms with Crippen LogP contribution in [0, 0.1) is 0 Å². The van der Waals surface area contributed by atoms with E-state index in [9.17, 15) is 4.79 Å². The summed E-state index contributed by atoms with van der Waals surface area (Å²) < 4.78 is 11.3. The van der Waals surface area contributed by atoms with Gasteiger partial charge in [-0.15, -0.1) is 0 Å². The molecule has 0 bridgehead atoms. The average molecular weight is 292 g/mol. The number of hydrogen-bond donors (Lipinski definition) is 2. The van der Waals surface area contributed by atoms with Crippen molar-refractivity contribution in [3.8, 4) is 11.5 Å². The lowest BCUT2D eigenvalue weighted by atomic mass is 10.2. The second kappa shape index (κ2) is 7.52. The Morgan fingerprint density at radius 2 is 2.19 bits per heavy atom. The zero-order valence-corrected chi connectivity index (χ0v) is 12.0. The Hall–Kier alpha value is -2.24. The van der Waals surface area contributed by atoms with E-state index in [4.69, 9.17) is 14.6 Å². The molecule has 2 N–H and O–H groups in total. The zero-order chi connectivity index (χ0) is 15.1. The molecule has 6 nitrogen and oxygen atoms in total. The maximum atomic E-state index is 10.4. The van der Waals surface area contributed by atoms with Crippen LogP contribution in [0.4, 0.5) is 0 Å². The van der Waals surface area contributed by atoms with Gasteiger partial charge in [-0.1, -0.05) is 0 Å². The Labute approximate surface area is 123 Å². The van der Waals surface area contributed by atoms with Gasteiger partial charge in [-0.3, -0.25) is 10.2 Å². The monoisotopic (exact) mass is 292 g/mol. The molecule has 1 aliphatic carbocycles. The van der Waals surface area contributed by atoms with Crippen LogP contribution in [0.1, 0.15) is 31.2 Å². The lowest BCUT2D eigenvalue weighted by molar-refractivity contribution is -0.135. The van der Waals surface area contributed by atoms with Gasteiger partial charge in [0.25, 0.3) is 0 Å².